The highest BCUT2D eigenvalue weighted by Gasteiger charge is 2.18. The van der Waals surface area contributed by atoms with Gasteiger partial charge in [-0.25, -0.2) is 9.97 Å². The van der Waals surface area contributed by atoms with Gasteiger partial charge in [0.1, 0.15) is 0 Å². The van der Waals surface area contributed by atoms with Gasteiger partial charge in [0, 0.05) is 49.4 Å². The van der Waals surface area contributed by atoms with Gasteiger partial charge in [-0.3, -0.25) is 0 Å². The van der Waals surface area contributed by atoms with Crippen LogP contribution in [0.1, 0.15) is 0 Å². The largest absolute Gasteiger partial charge is 0.309 e. The number of hydrogen-bond acceptors (Lipinski definition) is 2. The van der Waals surface area contributed by atoms with E-state index in [9.17, 15) is 0 Å². The first kappa shape index (κ1) is 34.0. The summed E-state index contributed by atoms with van der Waals surface area (Å²) in [5, 5.41) is 5.93. The first-order valence-corrected chi connectivity index (χ1v) is 20.4. The number of benzene rings is 9. The Morgan fingerprint density at radius 2 is 0.700 bits per heavy atom. The summed E-state index contributed by atoms with van der Waals surface area (Å²) in [7, 11) is 0. The van der Waals surface area contributed by atoms with E-state index in [-0.39, 0.29) is 0 Å². The molecule has 0 fully saturated rings. The van der Waals surface area contributed by atoms with E-state index < -0.39 is 0 Å². The maximum atomic E-state index is 5.35. The lowest BCUT2D eigenvalue weighted by atomic mass is 9.96. The summed E-state index contributed by atoms with van der Waals surface area (Å²) < 4.78 is 4.72. The molecule has 4 nitrogen and oxygen atoms in total. The first-order chi connectivity index (χ1) is 29.7. The topological polar surface area (TPSA) is 35.6 Å². The Hall–Kier alpha value is -8.08. The third-order valence-electron chi connectivity index (χ3n) is 11.9. The standard InChI is InChI=1S/C56H36N4/c1-4-15-37(16-5-1)56-57-50-30-27-39(41-29-32-54-48(35-41)46-24-11-13-26-52(46)60(54)44-21-8-3-9-22-44)36-49(50)55(58-56)42-18-14-17-38(33-42)40-28-31-53-47(34-40)45-23-10-12-25-51(45)59(53)43-19-6-2-7-20-43/h1-36H. The van der Waals surface area contributed by atoms with Gasteiger partial charge in [-0.1, -0.05) is 140 Å². The van der Waals surface area contributed by atoms with Crippen LogP contribution in [0.4, 0.5) is 0 Å². The summed E-state index contributed by atoms with van der Waals surface area (Å²) in [5.74, 6) is 0.710. The van der Waals surface area contributed by atoms with Crippen LogP contribution in [0.3, 0.4) is 0 Å². The molecule has 9 aromatic carbocycles. The Labute approximate surface area is 346 Å². The van der Waals surface area contributed by atoms with Gasteiger partial charge >= 0.3 is 0 Å². The summed E-state index contributed by atoms with van der Waals surface area (Å²) in [4.78, 5) is 10.5. The maximum Gasteiger partial charge on any atom is 0.160 e. The van der Waals surface area contributed by atoms with Gasteiger partial charge in [0.2, 0.25) is 0 Å². The molecule has 0 aliphatic heterocycles. The average molecular weight is 765 g/mol. The van der Waals surface area contributed by atoms with Crippen molar-refractivity contribution in [1.82, 2.24) is 19.1 Å². The van der Waals surface area contributed by atoms with Crippen molar-refractivity contribution in [3.8, 4) is 56.3 Å². The lowest BCUT2D eigenvalue weighted by Gasteiger charge is -2.13. The minimum atomic E-state index is 0.710. The molecular formula is C56H36N4. The molecule has 12 aromatic rings. The highest BCUT2D eigenvalue weighted by Crippen LogP contribution is 2.39. The second kappa shape index (κ2) is 13.8. The molecule has 4 heteroatoms. The smallest absolute Gasteiger partial charge is 0.160 e. The van der Waals surface area contributed by atoms with Crippen LogP contribution >= 0.6 is 0 Å². The summed E-state index contributed by atoms with van der Waals surface area (Å²) in [5.41, 5.74) is 15.5. The van der Waals surface area contributed by atoms with Gasteiger partial charge in [-0.05, 0) is 101 Å². The zero-order chi connectivity index (χ0) is 39.6. The molecule has 0 spiro atoms. The molecule has 12 rings (SSSR count). The Morgan fingerprint density at radius 1 is 0.267 bits per heavy atom. The highest BCUT2D eigenvalue weighted by atomic mass is 15.0. The average Bonchev–Trinajstić information content (AvgIpc) is 3.84. The van der Waals surface area contributed by atoms with Crippen molar-refractivity contribution < 1.29 is 0 Å². The first-order valence-electron chi connectivity index (χ1n) is 20.4. The molecule has 0 saturated carbocycles. The lowest BCUT2D eigenvalue weighted by Crippen LogP contribution is -1.96. The van der Waals surface area contributed by atoms with Gasteiger partial charge in [-0.15, -0.1) is 0 Å². The molecule has 0 saturated heterocycles. The molecule has 0 bridgehead atoms. The number of nitrogens with zero attached hydrogens (tertiary/aromatic N) is 4. The minimum Gasteiger partial charge on any atom is -0.309 e. The number of hydrogen-bond donors (Lipinski definition) is 0. The van der Waals surface area contributed by atoms with Crippen molar-refractivity contribution in [1.29, 1.82) is 0 Å². The van der Waals surface area contributed by atoms with Crippen molar-refractivity contribution in [2.24, 2.45) is 0 Å². The summed E-state index contributed by atoms with van der Waals surface area (Å²) in [6.07, 6.45) is 0. The van der Waals surface area contributed by atoms with E-state index in [1.165, 1.54) is 43.6 Å². The zero-order valence-electron chi connectivity index (χ0n) is 32.6. The van der Waals surface area contributed by atoms with E-state index in [1.807, 2.05) is 18.2 Å². The zero-order valence-corrected chi connectivity index (χ0v) is 32.6. The normalized spacial score (nSPS) is 11.7. The highest BCUT2D eigenvalue weighted by molar-refractivity contribution is 6.12. The summed E-state index contributed by atoms with van der Waals surface area (Å²) in [6.45, 7) is 0. The molecule has 0 aliphatic rings. The number of para-hydroxylation sites is 4. The Kier molecular flexibility index (Phi) is 7.82. The molecule has 0 atom stereocenters. The van der Waals surface area contributed by atoms with Gasteiger partial charge < -0.3 is 9.13 Å². The lowest BCUT2D eigenvalue weighted by molar-refractivity contribution is 1.18. The van der Waals surface area contributed by atoms with E-state index in [4.69, 9.17) is 9.97 Å². The van der Waals surface area contributed by atoms with Crippen LogP contribution in [-0.2, 0) is 0 Å². The van der Waals surface area contributed by atoms with Crippen molar-refractivity contribution in [2.45, 2.75) is 0 Å². The van der Waals surface area contributed by atoms with Crippen LogP contribution in [0.15, 0.2) is 218 Å². The molecular weight excluding hydrogens is 729 g/mol. The molecule has 60 heavy (non-hydrogen) atoms. The molecule has 0 N–H and O–H groups in total. The molecule has 280 valence electrons. The third kappa shape index (κ3) is 5.53. The van der Waals surface area contributed by atoms with Crippen LogP contribution in [-0.4, -0.2) is 19.1 Å². The van der Waals surface area contributed by atoms with Crippen molar-refractivity contribution in [3.63, 3.8) is 0 Å². The van der Waals surface area contributed by atoms with Gasteiger partial charge in [-0.2, -0.15) is 0 Å². The van der Waals surface area contributed by atoms with Gasteiger partial charge in [0.25, 0.3) is 0 Å². The number of rotatable bonds is 6. The van der Waals surface area contributed by atoms with E-state index in [2.05, 4.69) is 209 Å². The third-order valence-corrected chi connectivity index (χ3v) is 11.9. The van der Waals surface area contributed by atoms with Crippen LogP contribution < -0.4 is 0 Å². The molecule has 0 aliphatic carbocycles. The second-order valence-corrected chi connectivity index (χ2v) is 15.4. The maximum absolute atomic E-state index is 5.35. The van der Waals surface area contributed by atoms with Gasteiger partial charge in [0.15, 0.2) is 5.82 Å². The second-order valence-electron chi connectivity index (χ2n) is 15.4. The fourth-order valence-corrected chi connectivity index (χ4v) is 9.11. The molecule has 0 radical (unpaired) electrons. The summed E-state index contributed by atoms with van der Waals surface area (Å²) >= 11 is 0. The molecule has 3 heterocycles. The van der Waals surface area contributed by atoms with Crippen LogP contribution in [0.25, 0.3) is 111 Å². The van der Waals surface area contributed by atoms with Crippen molar-refractivity contribution >= 4 is 54.5 Å². The van der Waals surface area contributed by atoms with Crippen LogP contribution in [0, 0.1) is 0 Å². The van der Waals surface area contributed by atoms with E-state index in [1.54, 1.807) is 0 Å². The molecule has 0 unspecified atom stereocenters. The van der Waals surface area contributed by atoms with E-state index in [0.717, 1.165) is 61.4 Å². The Morgan fingerprint density at radius 3 is 1.28 bits per heavy atom. The van der Waals surface area contributed by atoms with Crippen LogP contribution in [0.2, 0.25) is 0 Å². The number of fused-ring (bicyclic) bond motifs is 7. The fraction of sp³-hybridized carbons (Fsp3) is 0. The Bertz CT molecular complexity index is 3580. The van der Waals surface area contributed by atoms with Crippen molar-refractivity contribution in [3.05, 3.63) is 218 Å². The predicted octanol–water partition coefficient (Wildman–Crippen LogP) is 14.5. The molecule has 0 amide bonds. The molecule has 3 aromatic heterocycles. The van der Waals surface area contributed by atoms with E-state index >= 15 is 0 Å². The summed E-state index contributed by atoms with van der Waals surface area (Å²) in [6, 6.07) is 78.0. The van der Waals surface area contributed by atoms with E-state index in [0.29, 0.717) is 5.82 Å². The SMILES string of the molecule is c1ccc(-c2nc(-c3cccc(-c4ccc5c(c4)c4ccccc4n5-c4ccccc4)c3)c3cc(-c4ccc5c(c4)c4ccccc4n5-c4ccccc4)ccc3n2)cc1. The minimum absolute atomic E-state index is 0.710. The fourth-order valence-electron chi connectivity index (χ4n) is 9.11. The Balaban J connectivity index is 1.02. The van der Waals surface area contributed by atoms with Crippen LogP contribution in [0.5, 0.6) is 0 Å². The number of aromatic nitrogens is 4. The quantitative estimate of drug-likeness (QED) is 0.169. The van der Waals surface area contributed by atoms with Gasteiger partial charge in [0.05, 0.1) is 33.3 Å². The van der Waals surface area contributed by atoms with Crippen molar-refractivity contribution in [2.75, 3.05) is 0 Å². The predicted molar refractivity (Wildman–Crippen MR) is 250 cm³/mol. The monoisotopic (exact) mass is 764 g/mol.